The molecule has 0 aliphatic rings. The molecule has 0 atom stereocenters. The zero-order valence-corrected chi connectivity index (χ0v) is 12.8. The molecule has 0 saturated heterocycles. The lowest BCUT2D eigenvalue weighted by molar-refractivity contribution is 0.285. The molecular weight excluding hydrogens is 246 g/mol. The van der Waals surface area contributed by atoms with E-state index in [4.69, 9.17) is 11.6 Å². The molecule has 4 heteroatoms. The zero-order valence-electron chi connectivity index (χ0n) is 12.1. The first-order valence-electron chi connectivity index (χ1n) is 6.90. The summed E-state index contributed by atoms with van der Waals surface area (Å²) in [5, 5.41) is 7.99. The van der Waals surface area contributed by atoms with Crippen LogP contribution in [0.3, 0.4) is 0 Å². The molecule has 1 rings (SSSR count). The predicted molar refractivity (Wildman–Crippen MR) is 78.1 cm³/mol. The number of hydrogen-bond acceptors (Lipinski definition) is 2. The van der Waals surface area contributed by atoms with Crippen LogP contribution in [0.1, 0.15) is 45.0 Å². The molecule has 18 heavy (non-hydrogen) atoms. The Kier molecular flexibility index (Phi) is 6.16. The number of nitrogens with one attached hydrogen (secondary N) is 1. The lowest BCUT2D eigenvalue weighted by Crippen LogP contribution is -2.35. The number of halogens is 1. The summed E-state index contributed by atoms with van der Waals surface area (Å²) in [5.41, 5.74) is 2.57. The second kappa shape index (κ2) is 7.15. The number of nitrogens with zero attached hydrogens (tertiary/aromatic N) is 2. The third kappa shape index (κ3) is 3.72. The van der Waals surface area contributed by atoms with Crippen LogP contribution in [0.25, 0.3) is 0 Å². The van der Waals surface area contributed by atoms with Gasteiger partial charge in [0.15, 0.2) is 0 Å². The summed E-state index contributed by atoms with van der Waals surface area (Å²) >= 11 is 6.11. The van der Waals surface area contributed by atoms with Crippen molar-refractivity contribution in [3.8, 4) is 0 Å². The Bertz CT molecular complexity index is 348. The van der Waals surface area contributed by atoms with Crippen molar-refractivity contribution in [2.24, 2.45) is 5.41 Å². The Morgan fingerprint density at radius 3 is 2.50 bits per heavy atom. The molecule has 3 nitrogen and oxygen atoms in total. The average Bonchev–Trinajstić information content (AvgIpc) is 2.75. The third-order valence-corrected chi connectivity index (χ3v) is 4.44. The van der Waals surface area contributed by atoms with Gasteiger partial charge in [0.25, 0.3) is 0 Å². The smallest absolute Gasteiger partial charge is 0.0597 e. The summed E-state index contributed by atoms with van der Waals surface area (Å²) in [6.07, 6.45) is 2.23. The molecule has 0 aromatic carbocycles. The van der Waals surface area contributed by atoms with Crippen LogP contribution in [-0.4, -0.2) is 22.2 Å². The Labute approximate surface area is 116 Å². The fourth-order valence-electron chi connectivity index (χ4n) is 2.21. The molecule has 0 amide bonds. The Morgan fingerprint density at radius 1 is 1.33 bits per heavy atom. The minimum atomic E-state index is 0.230. The van der Waals surface area contributed by atoms with Gasteiger partial charge in [-0.15, -0.1) is 11.6 Å². The van der Waals surface area contributed by atoms with E-state index in [-0.39, 0.29) is 5.41 Å². The van der Waals surface area contributed by atoms with Gasteiger partial charge in [0.2, 0.25) is 0 Å². The van der Waals surface area contributed by atoms with Crippen molar-refractivity contribution in [1.29, 1.82) is 0 Å². The van der Waals surface area contributed by atoms with Crippen molar-refractivity contribution >= 4 is 11.6 Å². The van der Waals surface area contributed by atoms with Gasteiger partial charge < -0.3 is 5.32 Å². The highest BCUT2D eigenvalue weighted by Gasteiger charge is 2.24. The largest absolute Gasteiger partial charge is 0.311 e. The van der Waals surface area contributed by atoms with Crippen molar-refractivity contribution in [3.63, 3.8) is 0 Å². The van der Waals surface area contributed by atoms with Gasteiger partial charge in [-0.3, -0.25) is 4.68 Å². The number of aryl methyl sites for hydroxylation is 2. The fraction of sp³-hybridized carbons (Fsp3) is 0.786. The first kappa shape index (κ1) is 15.5. The van der Waals surface area contributed by atoms with E-state index in [0.29, 0.717) is 0 Å². The van der Waals surface area contributed by atoms with Crippen LogP contribution in [0.2, 0.25) is 0 Å². The Hall–Kier alpha value is -0.540. The van der Waals surface area contributed by atoms with Crippen LogP contribution in [0.15, 0.2) is 6.07 Å². The van der Waals surface area contributed by atoms with Crippen molar-refractivity contribution in [2.45, 2.75) is 53.6 Å². The van der Waals surface area contributed by atoms with Gasteiger partial charge in [0, 0.05) is 25.5 Å². The molecule has 0 radical (unpaired) electrons. The van der Waals surface area contributed by atoms with Gasteiger partial charge in [0.1, 0.15) is 0 Å². The van der Waals surface area contributed by atoms with Crippen LogP contribution in [0, 0.1) is 12.3 Å². The minimum Gasteiger partial charge on any atom is -0.311 e. The quantitative estimate of drug-likeness (QED) is 0.735. The maximum absolute atomic E-state index is 6.11. The van der Waals surface area contributed by atoms with Gasteiger partial charge in [-0.1, -0.05) is 13.8 Å². The number of rotatable bonds is 8. The van der Waals surface area contributed by atoms with Crippen LogP contribution < -0.4 is 5.32 Å². The second-order valence-electron chi connectivity index (χ2n) is 5.04. The van der Waals surface area contributed by atoms with Gasteiger partial charge >= 0.3 is 0 Å². The lowest BCUT2D eigenvalue weighted by atomic mass is 9.84. The van der Waals surface area contributed by atoms with Gasteiger partial charge in [-0.25, -0.2) is 0 Å². The summed E-state index contributed by atoms with van der Waals surface area (Å²) in [7, 11) is 0. The highest BCUT2D eigenvalue weighted by molar-refractivity contribution is 6.18. The molecule has 0 unspecified atom stereocenters. The van der Waals surface area contributed by atoms with Crippen molar-refractivity contribution in [2.75, 3.05) is 12.4 Å². The van der Waals surface area contributed by atoms with E-state index in [1.165, 1.54) is 5.69 Å². The maximum atomic E-state index is 6.11. The van der Waals surface area contributed by atoms with Gasteiger partial charge in [0.05, 0.1) is 11.4 Å². The van der Waals surface area contributed by atoms with Crippen molar-refractivity contribution in [1.82, 2.24) is 15.1 Å². The molecule has 1 aromatic rings. The van der Waals surface area contributed by atoms with E-state index in [0.717, 1.165) is 44.0 Å². The molecule has 104 valence electrons. The molecule has 0 bridgehead atoms. The van der Waals surface area contributed by atoms with Crippen LogP contribution >= 0.6 is 11.6 Å². The second-order valence-corrected chi connectivity index (χ2v) is 5.30. The van der Waals surface area contributed by atoms with Crippen LogP contribution in [0.4, 0.5) is 0 Å². The van der Waals surface area contributed by atoms with E-state index in [1.54, 1.807) is 0 Å². The van der Waals surface area contributed by atoms with E-state index >= 15 is 0 Å². The molecule has 0 aliphatic heterocycles. The summed E-state index contributed by atoms with van der Waals surface area (Å²) in [6.45, 7) is 11.4. The first-order chi connectivity index (χ1) is 8.60. The van der Waals surface area contributed by atoms with E-state index in [9.17, 15) is 0 Å². The monoisotopic (exact) mass is 271 g/mol. The van der Waals surface area contributed by atoms with Crippen LogP contribution in [0.5, 0.6) is 0 Å². The third-order valence-electron chi connectivity index (χ3n) is 3.87. The van der Waals surface area contributed by atoms with Gasteiger partial charge in [-0.2, -0.15) is 5.10 Å². The van der Waals surface area contributed by atoms with Crippen molar-refractivity contribution < 1.29 is 0 Å². The Balaban J connectivity index is 2.54. The van der Waals surface area contributed by atoms with Gasteiger partial charge in [-0.05, 0) is 38.2 Å². The molecular formula is C14H26ClN3. The topological polar surface area (TPSA) is 29.9 Å². The molecule has 0 aliphatic carbocycles. The minimum absolute atomic E-state index is 0.230. The van der Waals surface area contributed by atoms with E-state index in [1.807, 2.05) is 6.92 Å². The number of aromatic nitrogens is 2. The summed E-state index contributed by atoms with van der Waals surface area (Å²) in [6, 6.07) is 2.15. The van der Waals surface area contributed by atoms with E-state index < -0.39 is 0 Å². The zero-order chi connectivity index (χ0) is 13.6. The first-order valence-corrected chi connectivity index (χ1v) is 7.44. The Morgan fingerprint density at radius 2 is 2.00 bits per heavy atom. The highest BCUT2D eigenvalue weighted by Crippen LogP contribution is 2.26. The SMILES string of the molecule is CCn1nc(C)cc1CNCC(CC)(CC)CCl. The lowest BCUT2D eigenvalue weighted by Gasteiger charge is -2.29. The van der Waals surface area contributed by atoms with Crippen LogP contribution in [-0.2, 0) is 13.1 Å². The van der Waals surface area contributed by atoms with Crippen molar-refractivity contribution in [3.05, 3.63) is 17.5 Å². The normalized spacial score (nSPS) is 12.1. The van der Waals surface area contributed by atoms with E-state index in [2.05, 4.69) is 41.9 Å². The maximum Gasteiger partial charge on any atom is 0.0597 e. The molecule has 1 N–H and O–H groups in total. The predicted octanol–water partition coefficient (Wildman–Crippen LogP) is 3.35. The molecule has 1 heterocycles. The average molecular weight is 272 g/mol. The molecule has 0 saturated carbocycles. The fourth-order valence-corrected chi connectivity index (χ4v) is 2.68. The highest BCUT2D eigenvalue weighted by atomic mass is 35.5. The molecule has 0 fully saturated rings. The molecule has 1 aromatic heterocycles. The number of hydrogen-bond donors (Lipinski definition) is 1. The summed E-state index contributed by atoms with van der Waals surface area (Å²) in [4.78, 5) is 0. The molecule has 0 spiro atoms. The summed E-state index contributed by atoms with van der Waals surface area (Å²) < 4.78 is 2.06. The number of alkyl halides is 1. The standard InChI is InChI=1S/C14H26ClN3/c1-5-14(6-2,10-15)11-16-9-13-8-12(4)17-18(13)7-3/h8,16H,5-7,9-11H2,1-4H3. The summed E-state index contributed by atoms with van der Waals surface area (Å²) in [5.74, 6) is 0.721.